The molecule has 0 atom stereocenters. The summed E-state index contributed by atoms with van der Waals surface area (Å²) in [5.74, 6) is 2.45. The van der Waals surface area contributed by atoms with E-state index in [9.17, 15) is 0 Å². The Morgan fingerprint density at radius 1 is 1.24 bits per heavy atom. The zero-order valence-electron chi connectivity index (χ0n) is 9.90. The molecule has 17 heavy (non-hydrogen) atoms. The molecule has 4 nitrogen and oxygen atoms in total. The van der Waals surface area contributed by atoms with Crippen molar-refractivity contribution < 1.29 is 0 Å². The molecule has 1 aromatic carbocycles. The number of rotatable bonds is 3. The summed E-state index contributed by atoms with van der Waals surface area (Å²) in [4.78, 5) is 4.57. The standard InChI is InChI=1S/C13H16N4/c1-14-11-7-5-10(6-8-11)13-15-12(16-17-13)9-3-2-4-9/h5-9,14H,2-4H2,1H3,(H,15,16,17). The van der Waals surface area contributed by atoms with Gasteiger partial charge in [-0.2, -0.15) is 5.10 Å². The summed E-state index contributed by atoms with van der Waals surface area (Å²) in [6.45, 7) is 0. The third kappa shape index (κ3) is 1.90. The van der Waals surface area contributed by atoms with Gasteiger partial charge in [-0.05, 0) is 37.1 Å². The summed E-state index contributed by atoms with van der Waals surface area (Å²) in [6, 6.07) is 8.16. The molecule has 0 spiro atoms. The number of nitrogens with zero attached hydrogens (tertiary/aromatic N) is 2. The Balaban J connectivity index is 1.84. The zero-order chi connectivity index (χ0) is 11.7. The van der Waals surface area contributed by atoms with Crippen LogP contribution in [0.15, 0.2) is 24.3 Å². The van der Waals surface area contributed by atoms with E-state index in [0.29, 0.717) is 5.92 Å². The zero-order valence-corrected chi connectivity index (χ0v) is 9.90. The van der Waals surface area contributed by atoms with E-state index in [0.717, 1.165) is 22.9 Å². The van der Waals surface area contributed by atoms with Crippen molar-refractivity contribution in [3.63, 3.8) is 0 Å². The third-order valence-electron chi connectivity index (χ3n) is 3.43. The first-order chi connectivity index (χ1) is 8.36. The summed E-state index contributed by atoms with van der Waals surface area (Å²) in [6.07, 6.45) is 3.80. The number of hydrogen-bond donors (Lipinski definition) is 2. The maximum absolute atomic E-state index is 4.57. The smallest absolute Gasteiger partial charge is 0.181 e. The van der Waals surface area contributed by atoms with Gasteiger partial charge in [-0.25, -0.2) is 4.98 Å². The first kappa shape index (κ1) is 10.3. The fourth-order valence-corrected chi connectivity index (χ4v) is 2.05. The van der Waals surface area contributed by atoms with Crippen LogP contribution in [0.2, 0.25) is 0 Å². The quantitative estimate of drug-likeness (QED) is 0.849. The summed E-state index contributed by atoms with van der Waals surface area (Å²) >= 11 is 0. The molecule has 2 aromatic rings. The Kier molecular flexibility index (Phi) is 2.55. The van der Waals surface area contributed by atoms with Crippen molar-refractivity contribution in [3.8, 4) is 11.4 Å². The highest BCUT2D eigenvalue weighted by atomic mass is 15.2. The van der Waals surface area contributed by atoms with Gasteiger partial charge in [-0.1, -0.05) is 6.42 Å². The van der Waals surface area contributed by atoms with Crippen LogP contribution in [0.1, 0.15) is 31.0 Å². The van der Waals surface area contributed by atoms with Crippen LogP contribution in [0.3, 0.4) is 0 Å². The molecule has 0 amide bonds. The number of benzene rings is 1. The Morgan fingerprint density at radius 2 is 2.00 bits per heavy atom. The van der Waals surface area contributed by atoms with E-state index in [1.165, 1.54) is 19.3 Å². The molecule has 1 saturated carbocycles. The second-order valence-electron chi connectivity index (χ2n) is 4.50. The third-order valence-corrected chi connectivity index (χ3v) is 3.43. The van der Waals surface area contributed by atoms with Crippen LogP contribution in [0.4, 0.5) is 5.69 Å². The summed E-state index contributed by atoms with van der Waals surface area (Å²) in [5.41, 5.74) is 2.16. The first-order valence-corrected chi connectivity index (χ1v) is 6.07. The van der Waals surface area contributed by atoms with Crippen LogP contribution >= 0.6 is 0 Å². The van der Waals surface area contributed by atoms with Crippen molar-refractivity contribution in [2.24, 2.45) is 0 Å². The van der Waals surface area contributed by atoms with E-state index < -0.39 is 0 Å². The molecule has 1 heterocycles. The number of hydrogen-bond acceptors (Lipinski definition) is 3. The molecule has 4 heteroatoms. The van der Waals surface area contributed by atoms with Gasteiger partial charge < -0.3 is 5.32 Å². The molecular weight excluding hydrogens is 212 g/mol. The number of anilines is 1. The van der Waals surface area contributed by atoms with Gasteiger partial charge in [-0.15, -0.1) is 0 Å². The monoisotopic (exact) mass is 228 g/mol. The minimum Gasteiger partial charge on any atom is -0.388 e. The summed E-state index contributed by atoms with van der Waals surface area (Å²) in [5, 5.41) is 10.4. The SMILES string of the molecule is CNc1ccc(-c2n[nH]c(C3CCC3)n2)cc1. The predicted molar refractivity (Wildman–Crippen MR) is 68.0 cm³/mol. The van der Waals surface area contributed by atoms with Crippen LogP contribution in [0, 0.1) is 0 Å². The lowest BCUT2D eigenvalue weighted by atomic mass is 9.85. The Morgan fingerprint density at radius 3 is 2.59 bits per heavy atom. The molecule has 2 N–H and O–H groups in total. The lowest BCUT2D eigenvalue weighted by Crippen LogP contribution is -2.10. The van der Waals surface area contributed by atoms with Crippen LogP contribution in [-0.2, 0) is 0 Å². The van der Waals surface area contributed by atoms with E-state index in [-0.39, 0.29) is 0 Å². The molecule has 1 aromatic heterocycles. The predicted octanol–water partition coefficient (Wildman–Crippen LogP) is 2.78. The van der Waals surface area contributed by atoms with E-state index >= 15 is 0 Å². The second-order valence-corrected chi connectivity index (χ2v) is 4.50. The van der Waals surface area contributed by atoms with Crippen molar-refractivity contribution >= 4 is 5.69 Å². The lowest BCUT2D eigenvalue weighted by Gasteiger charge is -2.22. The molecule has 0 aliphatic heterocycles. The molecule has 0 unspecified atom stereocenters. The van der Waals surface area contributed by atoms with E-state index in [2.05, 4.69) is 20.5 Å². The maximum Gasteiger partial charge on any atom is 0.181 e. The van der Waals surface area contributed by atoms with Gasteiger partial charge in [0.2, 0.25) is 0 Å². The van der Waals surface area contributed by atoms with Gasteiger partial charge >= 0.3 is 0 Å². The average molecular weight is 228 g/mol. The normalized spacial score (nSPS) is 15.6. The fraction of sp³-hybridized carbons (Fsp3) is 0.385. The highest BCUT2D eigenvalue weighted by molar-refractivity contribution is 5.59. The Hall–Kier alpha value is -1.84. The number of aromatic nitrogens is 3. The topological polar surface area (TPSA) is 53.6 Å². The highest BCUT2D eigenvalue weighted by Gasteiger charge is 2.23. The van der Waals surface area contributed by atoms with Crippen LogP contribution < -0.4 is 5.32 Å². The van der Waals surface area contributed by atoms with Crippen LogP contribution in [-0.4, -0.2) is 22.2 Å². The lowest BCUT2D eigenvalue weighted by molar-refractivity contribution is 0.402. The van der Waals surface area contributed by atoms with Crippen molar-refractivity contribution in [2.45, 2.75) is 25.2 Å². The summed E-state index contributed by atoms with van der Waals surface area (Å²) in [7, 11) is 1.91. The molecule has 88 valence electrons. The second kappa shape index (κ2) is 4.20. The molecule has 1 aliphatic rings. The van der Waals surface area contributed by atoms with Gasteiger partial charge in [0.15, 0.2) is 5.82 Å². The van der Waals surface area contributed by atoms with Crippen molar-refractivity contribution in [1.82, 2.24) is 15.2 Å². The van der Waals surface area contributed by atoms with Gasteiger partial charge in [0.05, 0.1) is 0 Å². The average Bonchev–Trinajstić information content (AvgIpc) is 2.76. The molecule has 0 bridgehead atoms. The first-order valence-electron chi connectivity index (χ1n) is 6.07. The minimum atomic E-state index is 0.604. The fourth-order valence-electron chi connectivity index (χ4n) is 2.05. The number of H-pyrrole nitrogens is 1. The van der Waals surface area contributed by atoms with Crippen molar-refractivity contribution in [3.05, 3.63) is 30.1 Å². The Labute approximate surface area is 100 Å². The van der Waals surface area contributed by atoms with Crippen LogP contribution in [0.5, 0.6) is 0 Å². The van der Waals surface area contributed by atoms with Gasteiger partial charge in [0.1, 0.15) is 5.82 Å². The maximum atomic E-state index is 4.57. The molecule has 0 saturated heterocycles. The summed E-state index contributed by atoms with van der Waals surface area (Å²) < 4.78 is 0. The van der Waals surface area contributed by atoms with E-state index in [4.69, 9.17) is 0 Å². The van der Waals surface area contributed by atoms with Crippen molar-refractivity contribution in [1.29, 1.82) is 0 Å². The minimum absolute atomic E-state index is 0.604. The van der Waals surface area contributed by atoms with Gasteiger partial charge in [0.25, 0.3) is 0 Å². The molecule has 1 fully saturated rings. The van der Waals surface area contributed by atoms with Gasteiger partial charge in [-0.3, -0.25) is 5.10 Å². The number of nitrogens with one attached hydrogen (secondary N) is 2. The highest BCUT2D eigenvalue weighted by Crippen LogP contribution is 2.34. The van der Waals surface area contributed by atoms with Crippen LogP contribution in [0.25, 0.3) is 11.4 Å². The molecule has 0 radical (unpaired) electrons. The van der Waals surface area contributed by atoms with Crippen molar-refractivity contribution in [2.75, 3.05) is 12.4 Å². The molecule has 1 aliphatic carbocycles. The van der Waals surface area contributed by atoms with E-state index in [1.54, 1.807) is 0 Å². The largest absolute Gasteiger partial charge is 0.388 e. The van der Waals surface area contributed by atoms with E-state index in [1.807, 2.05) is 31.3 Å². The molecule has 3 rings (SSSR count). The Bertz CT molecular complexity index is 496. The van der Waals surface area contributed by atoms with Gasteiger partial charge in [0, 0.05) is 24.2 Å². The molecular formula is C13H16N4. The number of aromatic amines is 1.